The normalized spacial score (nSPS) is 10.5. The first-order chi connectivity index (χ1) is 9.05. The lowest BCUT2D eigenvalue weighted by molar-refractivity contribution is 0.397. The number of aryl methyl sites for hydroxylation is 2. The predicted molar refractivity (Wildman–Crippen MR) is 74.8 cm³/mol. The number of aromatic nitrogens is 2. The molecular weight excluding hydrogens is 242 g/mol. The van der Waals surface area contributed by atoms with E-state index in [2.05, 4.69) is 9.97 Å². The Hall–Kier alpha value is -2.17. The van der Waals surface area contributed by atoms with Gasteiger partial charge in [0.05, 0.1) is 19.9 Å². The second kappa shape index (κ2) is 5.22. The van der Waals surface area contributed by atoms with Gasteiger partial charge in [0.15, 0.2) is 5.95 Å². The van der Waals surface area contributed by atoms with Crippen LogP contribution in [-0.2, 0) is 6.42 Å². The summed E-state index contributed by atoms with van der Waals surface area (Å²) in [6.07, 6.45) is 0.652. The van der Waals surface area contributed by atoms with Crippen molar-refractivity contribution >= 4 is 5.95 Å². The minimum atomic E-state index is 0.436. The number of aromatic amines is 1. The monoisotopic (exact) mass is 261 g/mol. The average molecular weight is 261 g/mol. The van der Waals surface area contributed by atoms with E-state index in [9.17, 15) is 0 Å². The highest BCUT2D eigenvalue weighted by Gasteiger charge is 2.12. The second-order valence-electron chi connectivity index (χ2n) is 4.50. The van der Waals surface area contributed by atoms with Gasteiger partial charge in [-0.05, 0) is 31.5 Å². The highest BCUT2D eigenvalue weighted by molar-refractivity contribution is 5.47. The molecule has 2 aromatic rings. The maximum absolute atomic E-state index is 5.66. The molecule has 0 atom stereocenters. The van der Waals surface area contributed by atoms with Gasteiger partial charge < -0.3 is 20.2 Å². The van der Waals surface area contributed by atoms with Crippen molar-refractivity contribution in [2.45, 2.75) is 20.3 Å². The number of benzene rings is 1. The first-order valence-corrected chi connectivity index (χ1v) is 6.07. The molecule has 0 aliphatic heterocycles. The fourth-order valence-corrected chi connectivity index (χ4v) is 2.13. The van der Waals surface area contributed by atoms with Gasteiger partial charge >= 0.3 is 0 Å². The molecule has 0 saturated carbocycles. The van der Waals surface area contributed by atoms with Crippen molar-refractivity contribution in [2.24, 2.45) is 0 Å². The summed E-state index contributed by atoms with van der Waals surface area (Å²) >= 11 is 0. The second-order valence-corrected chi connectivity index (χ2v) is 4.50. The molecule has 3 N–H and O–H groups in total. The first kappa shape index (κ1) is 13.3. The van der Waals surface area contributed by atoms with Crippen LogP contribution >= 0.6 is 0 Å². The van der Waals surface area contributed by atoms with Crippen LogP contribution in [0.5, 0.6) is 11.5 Å². The third-order valence-corrected chi connectivity index (χ3v) is 3.16. The van der Waals surface area contributed by atoms with Crippen LogP contribution in [-0.4, -0.2) is 24.2 Å². The van der Waals surface area contributed by atoms with Crippen LogP contribution in [0.1, 0.15) is 22.5 Å². The quantitative estimate of drug-likeness (QED) is 0.885. The van der Waals surface area contributed by atoms with E-state index in [1.165, 1.54) is 0 Å². The number of nitrogens with one attached hydrogen (secondary N) is 1. The molecule has 1 aromatic heterocycles. The van der Waals surface area contributed by atoms with E-state index in [4.69, 9.17) is 15.2 Å². The molecule has 0 amide bonds. The van der Waals surface area contributed by atoms with E-state index >= 15 is 0 Å². The Morgan fingerprint density at radius 3 is 2.37 bits per heavy atom. The molecule has 0 radical (unpaired) electrons. The van der Waals surface area contributed by atoms with Crippen molar-refractivity contribution in [1.29, 1.82) is 0 Å². The number of nitrogens with zero attached hydrogens (tertiary/aromatic N) is 1. The van der Waals surface area contributed by atoms with Crippen LogP contribution in [0.25, 0.3) is 0 Å². The van der Waals surface area contributed by atoms with Crippen LogP contribution in [0.2, 0.25) is 0 Å². The molecule has 0 bridgehead atoms. The molecule has 0 aliphatic carbocycles. The third kappa shape index (κ3) is 2.65. The highest BCUT2D eigenvalue weighted by atomic mass is 16.5. The molecule has 0 fully saturated rings. The highest BCUT2D eigenvalue weighted by Crippen LogP contribution is 2.30. The summed E-state index contributed by atoms with van der Waals surface area (Å²) in [5.41, 5.74) is 9.62. The summed E-state index contributed by atoms with van der Waals surface area (Å²) in [7, 11) is 3.33. The van der Waals surface area contributed by atoms with E-state index in [0.717, 1.165) is 34.0 Å². The Morgan fingerprint density at radius 1 is 1.16 bits per heavy atom. The van der Waals surface area contributed by atoms with Crippen molar-refractivity contribution in [2.75, 3.05) is 20.0 Å². The molecule has 5 heteroatoms. The van der Waals surface area contributed by atoms with Crippen LogP contribution < -0.4 is 15.2 Å². The van der Waals surface area contributed by atoms with Gasteiger partial charge in [-0.15, -0.1) is 0 Å². The Morgan fingerprint density at radius 2 is 1.84 bits per heavy atom. The molecule has 5 nitrogen and oxygen atoms in total. The third-order valence-electron chi connectivity index (χ3n) is 3.16. The van der Waals surface area contributed by atoms with E-state index in [-0.39, 0.29) is 0 Å². The van der Waals surface area contributed by atoms with Crippen molar-refractivity contribution in [3.8, 4) is 11.5 Å². The summed E-state index contributed by atoms with van der Waals surface area (Å²) in [4.78, 5) is 7.28. The molecule has 1 heterocycles. The van der Waals surface area contributed by atoms with Crippen LogP contribution in [0, 0.1) is 13.8 Å². The van der Waals surface area contributed by atoms with Gasteiger partial charge in [-0.1, -0.05) is 0 Å². The number of H-pyrrole nitrogens is 1. The van der Waals surface area contributed by atoms with Gasteiger partial charge in [0, 0.05) is 17.7 Å². The smallest absolute Gasteiger partial charge is 0.197 e. The molecule has 19 heavy (non-hydrogen) atoms. The Bertz CT molecular complexity index is 591. The number of ether oxygens (including phenoxy) is 2. The fourth-order valence-electron chi connectivity index (χ4n) is 2.13. The lowest BCUT2D eigenvalue weighted by Crippen LogP contribution is -1.98. The van der Waals surface area contributed by atoms with Crippen LogP contribution in [0.15, 0.2) is 12.1 Å². The largest absolute Gasteiger partial charge is 0.496 e. The molecule has 0 unspecified atom stereocenters. The topological polar surface area (TPSA) is 73.2 Å². The van der Waals surface area contributed by atoms with Gasteiger partial charge in [0.2, 0.25) is 0 Å². The minimum absolute atomic E-state index is 0.436. The number of nitrogen functional groups attached to an aromatic ring is 1. The molecular formula is C14H19N3O2. The molecule has 0 aliphatic rings. The summed E-state index contributed by atoms with van der Waals surface area (Å²) in [5, 5.41) is 0. The van der Waals surface area contributed by atoms with Crippen molar-refractivity contribution in [3.63, 3.8) is 0 Å². The number of methoxy groups -OCH3 is 2. The summed E-state index contributed by atoms with van der Waals surface area (Å²) < 4.78 is 10.8. The predicted octanol–water partition coefficient (Wildman–Crippen LogP) is 2.22. The molecule has 102 valence electrons. The lowest BCUT2D eigenvalue weighted by Gasteiger charge is -2.12. The fraction of sp³-hybridized carbons (Fsp3) is 0.357. The van der Waals surface area contributed by atoms with Crippen LogP contribution in [0.4, 0.5) is 5.95 Å². The standard InChI is InChI=1S/C14H19N3O2/c1-8-5-13(19-4)10(7-12(8)18-3)6-11-9(2)16-14(15)17-11/h5,7H,6H2,1-4H3,(H3,15,16,17). The number of hydrogen-bond acceptors (Lipinski definition) is 4. The van der Waals surface area contributed by atoms with Crippen molar-refractivity contribution < 1.29 is 9.47 Å². The summed E-state index contributed by atoms with van der Waals surface area (Å²) in [5.74, 6) is 2.11. The lowest BCUT2D eigenvalue weighted by atomic mass is 10.0. The Kier molecular flexibility index (Phi) is 3.64. The zero-order chi connectivity index (χ0) is 14.0. The molecule has 0 saturated heterocycles. The maximum atomic E-state index is 5.66. The Balaban J connectivity index is 2.40. The zero-order valence-corrected chi connectivity index (χ0v) is 11.7. The van der Waals surface area contributed by atoms with E-state index in [1.54, 1.807) is 14.2 Å². The molecule has 0 spiro atoms. The number of anilines is 1. The van der Waals surface area contributed by atoms with Gasteiger partial charge in [-0.25, -0.2) is 4.98 Å². The summed E-state index contributed by atoms with van der Waals surface area (Å²) in [6.45, 7) is 3.94. The van der Waals surface area contributed by atoms with Crippen molar-refractivity contribution in [1.82, 2.24) is 9.97 Å². The SMILES string of the molecule is COc1cc(Cc2nc(N)[nH]c2C)c(OC)cc1C. The average Bonchev–Trinajstić information content (AvgIpc) is 2.69. The minimum Gasteiger partial charge on any atom is -0.496 e. The summed E-state index contributed by atoms with van der Waals surface area (Å²) in [6, 6.07) is 3.96. The van der Waals surface area contributed by atoms with E-state index in [0.29, 0.717) is 12.4 Å². The molecule has 1 aromatic carbocycles. The maximum Gasteiger partial charge on any atom is 0.197 e. The number of imidazole rings is 1. The van der Waals surface area contributed by atoms with Crippen LogP contribution in [0.3, 0.4) is 0 Å². The van der Waals surface area contributed by atoms with E-state index < -0.39 is 0 Å². The van der Waals surface area contributed by atoms with Gasteiger partial charge in [-0.3, -0.25) is 0 Å². The number of nitrogens with two attached hydrogens (primary N) is 1. The van der Waals surface area contributed by atoms with Gasteiger partial charge in [0.1, 0.15) is 11.5 Å². The molecule has 2 rings (SSSR count). The van der Waals surface area contributed by atoms with Gasteiger partial charge in [0.25, 0.3) is 0 Å². The zero-order valence-electron chi connectivity index (χ0n) is 11.7. The Labute approximate surface area is 112 Å². The van der Waals surface area contributed by atoms with Crippen molar-refractivity contribution in [3.05, 3.63) is 34.6 Å². The van der Waals surface area contributed by atoms with E-state index in [1.807, 2.05) is 26.0 Å². The number of hydrogen-bond donors (Lipinski definition) is 2. The first-order valence-electron chi connectivity index (χ1n) is 6.07. The number of rotatable bonds is 4. The van der Waals surface area contributed by atoms with Gasteiger partial charge in [-0.2, -0.15) is 0 Å².